The van der Waals surface area contributed by atoms with Crippen LogP contribution >= 0.6 is 11.6 Å². The molecule has 2 amide bonds. The molecule has 0 radical (unpaired) electrons. The summed E-state index contributed by atoms with van der Waals surface area (Å²) < 4.78 is 11.0. The first-order chi connectivity index (χ1) is 14.0. The van der Waals surface area contributed by atoms with Crippen LogP contribution < -0.4 is 14.8 Å². The van der Waals surface area contributed by atoms with Gasteiger partial charge >= 0.3 is 0 Å². The molecular weight excluding hydrogens is 392 g/mol. The second-order valence-corrected chi connectivity index (χ2v) is 6.84. The van der Waals surface area contributed by atoms with E-state index < -0.39 is 6.04 Å². The van der Waals surface area contributed by atoms with Gasteiger partial charge in [-0.3, -0.25) is 9.59 Å². The predicted octanol–water partition coefficient (Wildman–Crippen LogP) is 3.67. The normalized spacial score (nSPS) is 11.4. The number of rotatable bonds is 10. The monoisotopic (exact) mass is 418 g/mol. The van der Waals surface area contributed by atoms with Crippen molar-refractivity contribution in [1.82, 2.24) is 10.2 Å². The molecular formula is C22H27ClN2O4. The zero-order valence-electron chi connectivity index (χ0n) is 17.0. The maximum Gasteiger partial charge on any atom is 0.261 e. The van der Waals surface area contributed by atoms with E-state index in [2.05, 4.69) is 5.32 Å². The van der Waals surface area contributed by atoms with Gasteiger partial charge in [0.2, 0.25) is 5.91 Å². The number of likely N-dealkylation sites (N-methyl/N-ethyl adjacent to an activating group) is 1. The minimum atomic E-state index is -0.598. The number of halogens is 1. The highest BCUT2D eigenvalue weighted by atomic mass is 35.5. The summed E-state index contributed by atoms with van der Waals surface area (Å²) in [5, 5.41) is 3.42. The van der Waals surface area contributed by atoms with Crippen LogP contribution in [0.5, 0.6) is 11.5 Å². The van der Waals surface area contributed by atoms with Gasteiger partial charge in [0.15, 0.2) is 18.1 Å². The molecule has 0 fully saturated rings. The molecule has 0 heterocycles. The number of methoxy groups -OCH3 is 1. The molecule has 1 atom stereocenters. The van der Waals surface area contributed by atoms with Crippen LogP contribution in [0.4, 0.5) is 0 Å². The fourth-order valence-electron chi connectivity index (χ4n) is 2.96. The van der Waals surface area contributed by atoms with E-state index in [1.807, 2.05) is 32.0 Å². The first kappa shape index (κ1) is 22.6. The Balaban J connectivity index is 2.20. The summed E-state index contributed by atoms with van der Waals surface area (Å²) in [6, 6.07) is 13.7. The smallest absolute Gasteiger partial charge is 0.261 e. The molecule has 0 aliphatic rings. The zero-order chi connectivity index (χ0) is 21.2. The topological polar surface area (TPSA) is 67.9 Å². The second kappa shape index (κ2) is 11.3. The third kappa shape index (κ3) is 6.39. The lowest BCUT2D eigenvalue weighted by Gasteiger charge is -2.30. The minimum Gasteiger partial charge on any atom is -0.493 e. The van der Waals surface area contributed by atoms with Crippen LogP contribution in [0.15, 0.2) is 48.5 Å². The van der Waals surface area contributed by atoms with Crippen LogP contribution in [0.3, 0.4) is 0 Å². The number of ether oxygens (including phenoxy) is 2. The van der Waals surface area contributed by atoms with Crippen LogP contribution in [0.2, 0.25) is 5.02 Å². The van der Waals surface area contributed by atoms with Gasteiger partial charge in [-0.2, -0.15) is 0 Å². The summed E-state index contributed by atoms with van der Waals surface area (Å²) in [6.07, 6.45) is 0.486. The van der Waals surface area contributed by atoms with E-state index in [1.165, 1.54) is 0 Å². The quantitative estimate of drug-likeness (QED) is 0.639. The van der Waals surface area contributed by atoms with Crippen molar-refractivity contribution in [2.75, 3.05) is 20.3 Å². The molecule has 156 valence electrons. The van der Waals surface area contributed by atoms with E-state index in [0.29, 0.717) is 29.5 Å². The Bertz CT molecular complexity index is 811. The summed E-state index contributed by atoms with van der Waals surface area (Å²) in [4.78, 5) is 27.1. The summed E-state index contributed by atoms with van der Waals surface area (Å²) in [5.74, 6) is 0.541. The van der Waals surface area contributed by atoms with E-state index in [0.717, 1.165) is 5.56 Å². The zero-order valence-corrected chi connectivity index (χ0v) is 17.7. The SMILES string of the molecule is CCNC(=O)[C@H](CC)N(Cc1ccc(Cl)cc1)C(=O)COc1ccccc1OC. The van der Waals surface area contributed by atoms with Gasteiger partial charge in [-0.05, 0) is 43.2 Å². The van der Waals surface area contributed by atoms with Gasteiger partial charge < -0.3 is 19.7 Å². The predicted molar refractivity (Wildman–Crippen MR) is 113 cm³/mol. The number of nitrogens with one attached hydrogen (secondary N) is 1. The number of hydrogen-bond donors (Lipinski definition) is 1. The molecule has 0 saturated heterocycles. The average Bonchev–Trinajstić information content (AvgIpc) is 2.73. The van der Waals surface area contributed by atoms with Gasteiger partial charge in [0.1, 0.15) is 6.04 Å². The lowest BCUT2D eigenvalue weighted by atomic mass is 10.1. The van der Waals surface area contributed by atoms with Gasteiger partial charge in [0.05, 0.1) is 7.11 Å². The van der Waals surface area contributed by atoms with Gasteiger partial charge in [-0.1, -0.05) is 42.8 Å². The van der Waals surface area contributed by atoms with Crippen molar-refractivity contribution in [3.05, 3.63) is 59.1 Å². The summed E-state index contributed by atoms with van der Waals surface area (Å²) >= 11 is 5.96. The fraction of sp³-hybridized carbons (Fsp3) is 0.364. The minimum absolute atomic E-state index is 0.186. The number of carbonyl (C=O) groups is 2. The Hall–Kier alpha value is -2.73. The van der Waals surface area contributed by atoms with E-state index in [1.54, 1.807) is 42.3 Å². The van der Waals surface area contributed by atoms with E-state index in [4.69, 9.17) is 21.1 Å². The van der Waals surface area contributed by atoms with E-state index in [9.17, 15) is 9.59 Å². The Kier molecular flexibility index (Phi) is 8.80. The Morgan fingerprint density at radius 2 is 1.72 bits per heavy atom. The van der Waals surface area contributed by atoms with Crippen LogP contribution in [0.25, 0.3) is 0 Å². The van der Waals surface area contributed by atoms with Crippen molar-refractivity contribution in [1.29, 1.82) is 0 Å². The highest BCUT2D eigenvalue weighted by Crippen LogP contribution is 2.26. The molecule has 0 bridgehead atoms. The van der Waals surface area contributed by atoms with E-state index in [-0.39, 0.29) is 25.0 Å². The Morgan fingerprint density at radius 3 is 2.31 bits per heavy atom. The van der Waals surface area contributed by atoms with Gasteiger partial charge in [0, 0.05) is 18.1 Å². The number of nitrogens with zero attached hydrogens (tertiary/aromatic N) is 1. The lowest BCUT2D eigenvalue weighted by Crippen LogP contribution is -2.50. The number of amides is 2. The molecule has 2 aromatic carbocycles. The van der Waals surface area contributed by atoms with Gasteiger partial charge in [0.25, 0.3) is 5.91 Å². The first-order valence-corrected chi connectivity index (χ1v) is 9.95. The van der Waals surface area contributed by atoms with Crippen molar-refractivity contribution in [2.45, 2.75) is 32.9 Å². The number of para-hydroxylation sites is 2. The number of hydrogen-bond acceptors (Lipinski definition) is 4. The fourth-order valence-corrected chi connectivity index (χ4v) is 3.08. The van der Waals surface area contributed by atoms with Crippen molar-refractivity contribution in [2.24, 2.45) is 0 Å². The highest BCUT2D eigenvalue weighted by molar-refractivity contribution is 6.30. The average molecular weight is 419 g/mol. The Labute approximate surface area is 176 Å². The maximum absolute atomic E-state index is 13.1. The van der Waals surface area contributed by atoms with Crippen LogP contribution in [-0.2, 0) is 16.1 Å². The van der Waals surface area contributed by atoms with Gasteiger partial charge in [-0.15, -0.1) is 0 Å². The molecule has 0 aromatic heterocycles. The highest BCUT2D eigenvalue weighted by Gasteiger charge is 2.28. The molecule has 2 rings (SSSR count). The number of carbonyl (C=O) groups excluding carboxylic acids is 2. The molecule has 1 N–H and O–H groups in total. The molecule has 0 spiro atoms. The maximum atomic E-state index is 13.1. The summed E-state index contributed by atoms with van der Waals surface area (Å²) in [7, 11) is 1.54. The van der Waals surface area contributed by atoms with Crippen LogP contribution in [0, 0.1) is 0 Å². The molecule has 29 heavy (non-hydrogen) atoms. The molecule has 2 aromatic rings. The molecule has 7 heteroatoms. The molecule has 6 nitrogen and oxygen atoms in total. The first-order valence-electron chi connectivity index (χ1n) is 9.57. The Morgan fingerprint density at radius 1 is 1.07 bits per heavy atom. The molecule has 0 saturated carbocycles. The molecule has 0 aliphatic carbocycles. The number of benzene rings is 2. The summed E-state index contributed by atoms with van der Waals surface area (Å²) in [5.41, 5.74) is 0.878. The summed E-state index contributed by atoms with van der Waals surface area (Å²) in [6.45, 7) is 4.30. The molecule has 0 unspecified atom stereocenters. The van der Waals surface area contributed by atoms with Crippen molar-refractivity contribution in [3.63, 3.8) is 0 Å². The van der Waals surface area contributed by atoms with Crippen molar-refractivity contribution in [3.8, 4) is 11.5 Å². The standard InChI is InChI=1S/C22H27ClN2O4/c1-4-18(22(27)24-5-2)25(14-16-10-12-17(23)13-11-16)21(26)15-29-20-9-7-6-8-19(20)28-3/h6-13,18H,4-5,14-15H2,1-3H3,(H,24,27)/t18-/m0/s1. The third-order valence-corrected chi connectivity index (χ3v) is 4.68. The molecule has 0 aliphatic heterocycles. The second-order valence-electron chi connectivity index (χ2n) is 6.41. The largest absolute Gasteiger partial charge is 0.493 e. The third-order valence-electron chi connectivity index (χ3n) is 4.42. The van der Waals surface area contributed by atoms with Gasteiger partial charge in [-0.25, -0.2) is 0 Å². The van der Waals surface area contributed by atoms with Crippen molar-refractivity contribution >= 4 is 23.4 Å². The van der Waals surface area contributed by atoms with Crippen molar-refractivity contribution < 1.29 is 19.1 Å². The van der Waals surface area contributed by atoms with E-state index >= 15 is 0 Å². The van der Waals surface area contributed by atoms with Crippen LogP contribution in [0.1, 0.15) is 25.8 Å². The van der Waals surface area contributed by atoms with Crippen LogP contribution in [-0.4, -0.2) is 43.0 Å². The lowest BCUT2D eigenvalue weighted by molar-refractivity contribution is -0.142.